The van der Waals surface area contributed by atoms with Crippen molar-refractivity contribution in [3.8, 4) is 0 Å². The van der Waals surface area contributed by atoms with Crippen molar-refractivity contribution in [2.45, 2.75) is 31.3 Å². The predicted octanol–water partition coefficient (Wildman–Crippen LogP) is 1.44. The van der Waals surface area contributed by atoms with E-state index in [0.29, 0.717) is 13.0 Å². The minimum absolute atomic E-state index is 0.104. The Morgan fingerprint density at radius 1 is 1.33 bits per heavy atom. The molecule has 98 valence electrons. The lowest BCUT2D eigenvalue weighted by molar-refractivity contribution is 0.130. The summed E-state index contributed by atoms with van der Waals surface area (Å²) in [7, 11) is -3.58. The van der Waals surface area contributed by atoms with Crippen LogP contribution in [0.4, 0.5) is 0 Å². The van der Waals surface area contributed by atoms with Gasteiger partial charge in [0.25, 0.3) is 10.0 Å². The third kappa shape index (κ3) is 3.08. The fourth-order valence-electron chi connectivity index (χ4n) is 1.66. The standard InChI is InChI=1S/C12H16N2O3S/c1-9-3-5-12(6-4-9)18(15,16)14-13-11-7-10(2)17-8-11/h3-6,10,14H,7-8H2,1-2H3/b13-11+/t10-/m1/s1. The molecule has 0 bridgehead atoms. The molecule has 0 radical (unpaired) electrons. The maximum absolute atomic E-state index is 11.9. The molecule has 0 unspecified atom stereocenters. The van der Waals surface area contributed by atoms with Crippen LogP contribution in [-0.2, 0) is 14.8 Å². The summed E-state index contributed by atoms with van der Waals surface area (Å²) in [5.74, 6) is 0. The zero-order valence-electron chi connectivity index (χ0n) is 10.4. The summed E-state index contributed by atoms with van der Waals surface area (Å²) in [4.78, 5) is 2.45. The van der Waals surface area contributed by atoms with E-state index in [1.165, 1.54) is 0 Å². The lowest BCUT2D eigenvalue weighted by Gasteiger charge is -2.04. The Hall–Kier alpha value is -1.40. The average molecular weight is 268 g/mol. The van der Waals surface area contributed by atoms with Crippen molar-refractivity contribution in [3.63, 3.8) is 0 Å². The molecule has 1 aliphatic heterocycles. The third-order valence-corrected chi connectivity index (χ3v) is 3.94. The topological polar surface area (TPSA) is 67.8 Å². The molecule has 1 saturated heterocycles. The number of hydrogen-bond acceptors (Lipinski definition) is 4. The lowest BCUT2D eigenvalue weighted by atomic mass is 10.2. The number of sulfonamides is 1. The van der Waals surface area contributed by atoms with Crippen LogP contribution in [-0.4, -0.2) is 26.8 Å². The molecule has 1 aliphatic rings. The normalized spacial score (nSPS) is 22.3. The fourth-order valence-corrected chi connectivity index (χ4v) is 2.51. The maximum Gasteiger partial charge on any atom is 0.276 e. The molecule has 0 spiro atoms. The van der Waals surface area contributed by atoms with Crippen LogP contribution in [0.25, 0.3) is 0 Å². The van der Waals surface area contributed by atoms with Gasteiger partial charge in [0.1, 0.15) is 0 Å². The second-order valence-corrected chi connectivity index (χ2v) is 6.07. The highest BCUT2D eigenvalue weighted by Crippen LogP contribution is 2.12. The summed E-state index contributed by atoms with van der Waals surface area (Å²) in [5.41, 5.74) is 1.73. The van der Waals surface area contributed by atoms with Gasteiger partial charge in [-0.25, -0.2) is 4.83 Å². The van der Waals surface area contributed by atoms with Gasteiger partial charge in [-0.3, -0.25) is 0 Å². The Morgan fingerprint density at radius 3 is 2.56 bits per heavy atom. The highest BCUT2D eigenvalue weighted by molar-refractivity contribution is 7.89. The van der Waals surface area contributed by atoms with E-state index in [1.807, 2.05) is 13.8 Å². The Balaban J connectivity index is 2.10. The van der Waals surface area contributed by atoms with E-state index in [-0.39, 0.29) is 11.0 Å². The molecule has 1 N–H and O–H groups in total. The minimum Gasteiger partial charge on any atom is -0.372 e. The smallest absolute Gasteiger partial charge is 0.276 e. The van der Waals surface area contributed by atoms with Crippen molar-refractivity contribution >= 4 is 15.7 Å². The van der Waals surface area contributed by atoms with Crippen LogP contribution in [0.5, 0.6) is 0 Å². The molecule has 5 nitrogen and oxygen atoms in total. The number of ether oxygens (including phenoxy) is 1. The molecular weight excluding hydrogens is 252 g/mol. The van der Waals surface area contributed by atoms with E-state index in [2.05, 4.69) is 9.93 Å². The predicted molar refractivity (Wildman–Crippen MR) is 69.0 cm³/mol. The molecule has 0 saturated carbocycles. The monoisotopic (exact) mass is 268 g/mol. The van der Waals surface area contributed by atoms with E-state index in [1.54, 1.807) is 24.3 Å². The zero-order chi connectivity index (χ0) is 13.2. The summed E-state index contributed by atoms with van der Waals surface area (Å²) in [6.45, 7) is 4.22. The molecule has 0 aromatic heterocycles. The average Bonchev–Trinajstić information content (AvgIpc) is 2.73. The van der Waals surface area contributed by atoms with Crippen LogP contribution in [0, 0.1) is 6.92 Å². The van der Waals surface area contributed by atoms with Gasteiger partial charge in [0, 0.05) is 6.42 Å². The molecular formula is C12H16N2O3S. The van der Waals surface area contributed by atoms with Crippen molar-refractivity contribution in [3.05, 3.63) is 29.8 Å². The fraction of sp³-hybridized carbons (Fsp3) is 0.417. The van der Waals surface area contributed by atoms with E-state index < -0.39 is 10.0 Å². The molecule has 0 aliphatic carbocycles. The summed E-state index contributed by atoms with van der Waals surface area (Å²) < 4.78 is 29.1. The van der Waals surface area contributed by atoms with E-state index >= 15 is 0 Å². The third-order valence-electron chi connectivity index (χ3n) is 2.71. The highest BCUT2D eigenvalue weighted by atomic mass is 32.2. The molecule has 1 aromatic carbocycles. The molecule has 1 aromatic rings. The van der Waals surface area contributed by atoms with Gasteiger partial charge in [-0.2, -0.15) is 13.5 Å². The first-order valence-electron chi connectivity index (χ1n) is 5.73. The van der Waals surface area contributed by atoms with Crippen LogP contribution in [0.2, 0.25) is 0 Å². The largest absolute Gasteiger partial charge is 0.372 e. The van der Waals surface area contributed by atoms with Crippen molar-refractivity contribution < 1.29 is 13.2 Å². The van der Waals surface area contributed by atoms with Gasteiger partial charge in [-0.1, -0.05) is 17.7 Å². The molecule has 1 atom stereocenters. The number of aryl methyl sites for hydroxylation is 1. The first kappa shape index (κ1) is 13.0. The minimum atomic E-state index is -3.58. The number of nitrogens with zero attached hydrogens (tertiary/aromatic N) is 1. The highest BCUT2D eigenvalue weighted by Gasteiger charge is 2.18. The van der Waals surface area contributed by atoms with Crippen LogP contribution in [0.15, 0.2) is 34.3 Å². The van der Waals surface area contributed by atoms with Gasteiger partial charge in [0.2, 0.25) is 0 Å². The lowest BCUT2D eigenvalue weighted by Crippen LogP contribution is -2.20. The van der Waals surface area contributed by atoms with E-state index in [0.717, 1.165) is 11.3 Å². The molecule has 2 rings (SSSR count). The Bertz CT molecular complexity index is 549. The van der Waals surface area contributed by atoms with Crippen molar-refractivity contribution in [2.75, 3.05) is 6.61 Å². The molecule has 0 amide bonds. The van der Waals surface area contributed by atoms with Gasteiger partial charge < -0.3 is 4.74 Å². The van der Waals surface area contributed by atoms with E-state index in [4.69, 9.17) is 4.74 Å². The number of hydrogen-bond donors (Lipinski definition) is 1. The number of rotatable bonds is 3. The Morgan fingerprint density at radius 2 is 2.00 bits per heavy atom. The summed E-state index contributed by atoms with van der Waals surface area (Å²) in [6, 6.07) is 6.63. The Kier molecular flexibility index (Phi) is 3.68. The second kappa shape index (κ2) is 5.07. The maximum atomic E-state index is 11.9. The van der Waals surface area contributed by atoms with Crippen molar-refractivity contribution in [1.82, 2.24) is 4.83 Å². The first-order valence-corrected chi connectivity index (χ1v) is 7.21. The molecule has 6 heteroatoms. The molecule has 1 heterocycles. The summed E-state index contributed by atoms with van der Waals surface area (Å²) >= 11 is 0. The van der Waals surface area contributed by atoms with Crippen molar-refractivity contribution in [1.29, 1.82) is 0 Å². The zero-order valence-corrected chi connectivity index (χ0v) is 11.2. The Labute approximate surface area is 107 Å². The van der Waals surface area contributed by atoms with Crippen LogP contribution >= 0.6 is 0 Å². The second-order valence-electron chi connectivity index (χ2n) is 4.41. The molecule has 18 heavy (non-hydrogen) atoms. The van der Waals surface area contributed by atoms with Gasteiger partial charge in [0.05, 0.1) is 23.3 Å². The first-order chi connectivity index (χ1) is 8.47. The van der Waals surface area contributed by atoms with E-state index in [9.17, 15) is 8.42 Å². The van der Waals surface area contributed by atoms with Gasteiger partial charge in [-0.05, 0) is 26.0 Å². The summed E-state index contributed by atoms with van der Waals surface area (Å²) in [6.07, 6.45) is 0.767. The van der Waals surface area contributed by atoms with Crippen LogP contribution < -0.4 is 4.83 Å². The summed E-state index contributed by atoms with van der Waals surface area (Å²) in [5, 5.41) is 3.90. The van der Waals surface area contributed by atoms with Gasteiger partial charge >= 0.3 is 0 Å². The quantitative estimate of drug-likeness (QED) is 0.843. The number of nitrogens with one attached hydrogen (secondary N) is 1. The van der Waals surface area contributed by atoms with Crippen molar-refractivity contribution in [2.24, 2.45) is 5.10 Å². The SMILES string of the molecule is Cc1ccc(S(=O)(=O)N/N=C2/CO[C@H](C)C2)cc1. The number of hydrazone groups is 1. The van der Waals surface area contributed by atoms with Gasteiger partial charge in [0.15, 0.2) is 0 Å². The van der Waals surface area contributed by atoms with Gasteiger partial charge in [-0.15, -0.1) is 0 Å². The van der Waals surface area contributed by atoms with Crippen LogP contribution in [0.1, 0.15) is 18.9 Å². The number of benzene rings is 1. The van der Waals surface area contributed by atoms with Crippen LogP contribution in [0.3, 0.4) is 0 Å². The molecule has 1 fully saturated rings.